The fourth-order valence-electron chi connectivity index (χ4n) is 0. The first kappa shape index (κ1) is 65.1. The molecule has 0 bridgehead atoms. The largest absolute Gasteiger partial charge is 1.00 e. The van der Waals surface area contributed by atoms with E-state index in [1.54, 1.807) is 0 Å². The average Bonchev–Trinajstić information content (AvgIpc) is 0.722. The molecule has 0 radical (unpaired) electrons. The van der Waals surface area contributed by atoms with Crippen molar-refractivity contribution in [1.82, 2.24) is 0 Å². The molecule has 0 aromatic rings. The van der Waals surface area contributed by atoms with Crippen LogP contribution in [-0.2, 0) is 10.1 Å². The maximum atomic E-state index is 9.08. The summed E-state index contributed by atoms with van der Waals surface area (Å²) in [6.07, 6.45) is 0.604. The summed E-state index contributed by atoms with van der Waals surface area (Å²) in [7, 11) is -3.92. The second kappa shape index (κ2) is 29.2. The minimum Gasteiger partial charge on any atom is -1.00 e. The zero-order valence-corrected chi connectivity index (χ0v) is 8.58. The summed E-state index contributed by atoms with van der Waals surface area (Å²) >= 11 is 0. The van der Waals surface area contributed by atoms with Crippen LogP contribution in [0.15, 0.2) is 0 Å². The number of hydrogen-bond donors (Lipinski definition) is 0. The van der Waals surface area contributed by atoms with Crippen LogP contribution in [0.4, 0.5) is 0 Å². The molecule has 0 spiro atoms. The zero-order chi connectivity index (χ0) is 4.50. The van der Waals surface area contributed by atoms with Crippen LogP contribution >= 0.6 is 0 Å². The molecule has 3 nitrogen and oxygen atoms in total. The molecule has 11 heteroatoms. The Kier molecular flexibility index (Phi) is 159. The fourth-order valence-corrected chi connectivity index (χ4v) is 0. The maximum Gasteiger partial charge on any atom is 1.00 e. The van der Waals surface area contributed by atoms with E-state index in [0.29, 0.717) is 6.26 Å². The van der Waals surface area contributed by atoms with Crippen LogP contribution in [0.3, 0.4) is 0 Å². The second-order valence-corrected chi connectivity index (χ2v) is 2.11. The third-order valence-corrected chi connectivity index (χ3v) is 0. The average molecular weight is 180 g/mol. The van der Waals surface area contributed by atoms with Crippen LogP contribution in [-0.4, -0.2) is 19.2 Å². The molecule has 0 fully saturated rings. The molecule has 0 saturated carbocycles. The smallest absolute Gasteiger partial charge is 1.00 e. The van der Waals surface area contributed by atoms with E-state index in [-0.39, 0.29) is 89.6 Å². The van der Waals surface area contributed by atoms with Crippen LogP contribution in [0.2, 0.25) is 0 Å². The molecule has 0 heterocycles. The van der Waals surface area contributed by atoms with Crippen molar-refractivity contribution >= 4 is 10.1 Å². The van der Waals surface area contributed by atoms with E-state index in [0.717, 1.165) is 0 Å². The van der Waals surface area contributed by atoms with Gasteiger partial charge in [-0.05, 0) is 0 Å². The Morgan fingerprint density at radius 3 is 0.833 bits per heavy atom. The van der Waals surface area contributed by atoms with Gasteiger partial charge in [0.2, 0.25) is 0 Å². The maximum absolute atomic E-state index is 9.08. The Balaban J connectivity index is -0.00000000381. The first-order valence-corrected chi connectivity index (χ1v) is 2.72. The van der Waals surface area contributed by atoms with E-state index in [1.165, 1.54) is 0 Å². The van der Waals surface area contributed by atoms with Gasteiger partial charge >= 0.3 is 75.4 Å². The molecule has 0 aliphatic carbocycles. The summed E-state index contributed by atoms with van der Waals surface area (Å²) in [5.41, 5.74) is 0. The van der Waals surface area contributed by atoms with Crippen molar-refractivity contribution in [3.8, 4) is 0 Å². The number of hydrogen-bond acceptors (Lipinski definition) is 3. The second-order valence-electron chi connectivity index (χ2n) is 0.704. The third-order valence-electron chi connectivity index (χ3n) is 0. The Hall–Kier alpha value is 2.09. The van der Waals surface area contributed by atoms with Gasteiger partial charge < -0.3 is 18.7 Å². The summed E-state index contributed by atoms with van der Waals surface area (Å²) in [5.74, 6) is 0. The molecule has 0 saturated heterocycles. The fraction of sp³-hybridized carbons (Fsp3) is 1.00. The van der Waals surface area contributed by atoms with Crippen molar-refractivity contribution in [1.29, 1.82) is 0 Å². The van der Waals surface area contributed by atoms with E-state index in [9.17, 15) is 0 Å². The van der Waals surface area contributed by atoms with Crippen LogP contribution in [0.1, 0.15) is 0 Å². The van der Waals surface area contributed by atoms with Crippen LogP contribution in [0.5, 0.6) is 0 Å². The van der Waals surface area contributed by atoms with Gasteiger partial charge in [-0.3, -0.25) is 0 Å². The van der Waals surface area contributed by atoms with Gasteiger partial charge in [0.1, 0.15) is 0 Å². The molecule has 0 amide bonds. The predicted octanol–water partition coefficient (Wildman–Crippen LogP) is -21.8. The Bertz CT molecular complexity index is 109. The van der Waals surface area contributed by atoms with E-state index in [2.05, 4.69) is 0 Å². The van der Waals surface area contributed by atoms with Gasteiger partial charge in [-0.2, -0.15) is 0 Å². The first-order chi connectivity index (χ1) is 2.00. The third kappa shape index (κ3) is 340. The van der Waals surface area contributed by atoms with Crippen LogP contribution in [0.25, 0.3) is 0 Å². The molecule has 0 atom stereocenters. The molecule has 56 valence electrons. The topological polar surface area (TPSA) is 57.2 Å². The molecule has 0 aromatic carbocycles. The van der Waals surface area contributed by atoms with Crippen molar-refractivity contribution in [2.75, 3.05) is 6.26 Å². The predicted molar refractivity (Wildman–Crippen MR) is 15.6 cm³/mol. The standard InChI is InChI=1S/CH4O3S.3FH.4Li/c1-5(2,3)4;;;;;;;/h1H3,(H,2,3,4);3*1H;;;;/q;;;;4*+1/p-4. The molecule has 0 unspecified atom stereocenters. The SMILES string of the molecule is CS(=O)(=O)[O-].[F-].[F-].[F-].[Li+].[Li+].[Li+].[Li+]. The molecular formula is CH3F3Li4O3S. The summed E-state index contributed by atoms with van der Waals surface area (Å²) in [4.78, 5) is 0. The first-order valence-electron chi connectivity index (χ1n) is 0.908. The monoisotopic (exact) mass is 180 g/mol. The van der Waals surface area contributed by atoms with Gasteiger partial charge in [-0.1, -0.05) is 0 Å². The molecule has 0 N–H and O–H groups in total. The van der Waals surface area contributed by atoms with Gasteiger partial charge in [0.05, 0.1) is 10.1 Å². The van der Waals surface area contributed by atoms with Crippen LogP contribution < -0.4 is 89.6 Å². The molecule has 0 aliphatic heterocycles. The van der Waals surface area contributed by atoms with E-state index in [4.69, 9.17) is 13.0 Å². The number of halogens is 3. The molecule has 12 heavy (non-hydrogen) atoms. The normalized spacial score (nSPS) is 4.83. The Morgan fingerprint density at radius 1 is 0.833 bits per heavy atom. The van der Waals surface area contributed by atoms with Crippen molar-refractivity contribution < 1.29 is 103 Å². The molecular weight excluding hydrogens is 177 g/mol. The van der Waals surface area contributed by atoms with Gasteiger partial charge in [0.25, 0.3) is 0 Å². The van der Waals surface area contributed by atoms with Crippen LogP contribution in [0, 0.1) is 0 Å². The zero-order valence-electron chi connectivity index (χ0n) is 7.77. The summed E-state index contributed by atoms with van der Waals surface area (Å²) in [6.45, 7) is 0. The quantitative estimate of drug-likeness (QED) is 0.274. The van der Waals surface area contributed by atoms with Gasteiger partial charge in [-0.25, -0.2) is 8.42 Å². The van der Waals surface area contributed by atoms with Gasteiger partial charge in [-0.15, -0.1) is 0 Å². The summed E-state index contributed by atoms with van der Waals surface area (Å²) in [6, 6.07) is 0. The summed E-state index contributed by atoms with van der Waals surface area (Å²) < 4.78 is 27.2. The Labute approximate surface area is 118 Å². The van der Waals surface area contributed by atoms with Crippen molar-refractivity contribution in [2.24, 2.45) is 0 Å². The van der Waals surface area contributed by atoms with Crippen molar-refractivity contribution in [3.05, 3.63) is 0 Å². The van der Waals surface area contributed by atoms with Gasteiger partial charge in [0, 0.05) is 6.26 Å². The minimum absolute atomic E-state index is 0. The summed E-state index contributed by atoms with van der Waals surface area (Å²) in [5, 5.41) is 0. The van der Waals surface area contributed by atoms with E-state index >= 15 is 0 Å². The molecule has 0 aromatic heterocycles. The Morgan fingerprint density at radius 2 is 0.833 bits per heavy atom. The van der Waals surface area contributed by atoms with Gasteiger partial charge in [0.15, 0.2) is 0 Å². The van der Waals surface area contributed by atoms with Crippen molar-refractivity contribution in [3.63, 3.8) is 0 Å². The van der Waals surface area contributed by atoms with E-state index in [1.807, 2.05) is 0 Å². The van der Waals surface area contributed by atoms with E-state index < -0.39 is 10.1 Å². The number of rotatable bonds is 0. The molecule has 0 aliphatic rings. The van der Waals surface area contributed by atoms with Crippen molar-refractivity contribution in [2.45, 2.75) is 0 Å². The minimum atomic E-state index is -3.92. The molecule has 0 rings (SSSR count).